The summed E-state index contributed by atoms with van der Waals surface area (Å²) in [5.41, 5.74) is 5.99. The summed E-state index contributed by atoms with van der Waals surface area (Å²) in [6, 6.07) is 3.02. The molecule has 0 heterocycles. The lowest BCUT2D eigenvalue weighted by atomic mass is 10.1. The molecule has 13 heavy (non-hydrogen) atoms. The average molecular weight is 203 g/mol. The number of halogens is 2. The van der Waals surface area contributed by atoms with Crippen LogP contribution >= 0.6 is 12.6 Å². The third kappa shape index (κ3) is 2.67. The highest BCUT2D eigenvalue weighted by Crippen LogP contribution is 2.18. The fraction of sp³-hybridized carbons (Fsp3) is 0.333. The van der Waals surface area contributed by atoms with Gasteiger partial charge in [-0.25, -0.2) is 8.78 Å². The molecule has 1 rings (SSSR count). The molecule has 1 aromatic carbocycles. The van der Waals surface area contributed by atoms with Crippen LogP contribution in [0.1, 0.15) is 18.0 Å². The van der Waals surface area contributed by atoms with E-state index in [1.165, 1.54) is 12.1 Å². The number of nitrogens with two attached hydrogens (primary N) is 1. The summed E-state index contributed by atoms with van der Waals surface area (Å²) < 4.78 is 25.6. The topological polar surface area (TPSA) is 26.0 Å². The summed E-state index contributed by atoms with van der Waals surface area (Å²) in [6.07, 6.45) is 0.575. The van der Waals surface area contributed by atoms with Gasteiger partial charge in [-0.2, -0.15) is 12.6 Å². The first-order chi connectivity index (χ1) is 6.15. The van der Waals surface area contributed by atoms with Crippen LogP contribution in [0.3, 0.4) is 0 Å². The second kappa shape index (κ2) is 4.58. The Labute approximate surface area is 81.4 Å². The molecule has 0 amide bonds. The molecule has 1 aromatic rings. The lowest BCUT2D eigenvalue weighted by Gasteiger charge is -2.10. The molecule has 0 aliphatic rings. The van der Waals surface area contributed by atoms with Crippen LogP contribution in [0.15, 0.2) is 18.2 Å². The number of benzene rings is 1. The molecule has 0 spiro atoms. The van der Waals surface area contributed by atoms with Gasteiger partial charge in [0.1, 0.15) is 11.6 Å². The van der Waals surface area contributed by atoms with E-state index in [0.29, 0.717) is 17.7 Å². The minimum absolute atomic E-state index is 0.343. The van der Waals surface area contributed by atoms with E-state index in [4.69, 9.17) is 5.73 Å². The first-order valence-corrected chi connectivity index (χ1v) is 4.59. The van der Waals surface area contributed by atoms with Crippen molar-refractivity contribution in [1.29, 1.82) is 0 Å². The molecule has 0 aliphatic heterocycles. The van der Waals surface area contributed by atoms with Crippen molar-refractivity contribution in [3.05, 3.63) is 35.4 Å². The molecule has 4 heteroatoms. The highest BCUT2D eigenvalue weighted by Gasteiger charge is 2.10. The van der Waals surface area contributed by atoms with E-state index in [2.05, 4.69) is 12.6 Å². The molecule has 2 N–H and O–H groups in total. The number of rotatable bonds is 3. The van der Waals surface area contributed by atoms with Gasteiger partial charge in [-0.05, 0) is 18.2 Å². The molecule has 0 radical (unpaired) electrons. The average Bonchev–Trinajstić information content (AvgIpc) is 2.04. The smallest absolute Gasteiger partial charge is 0.130 e. The van der Waals surface area contributed by atoms with Crippen molar-refractivity contribution in [3.8, 4) is 0 Å². The molecule has 0 aromatic heterocycles. The number of thiol groups is 1. The number of hydrogen-bond acceptors (Lipinski definition) is 2. The lowest BCUT2D eigenvalue weighted by molar-refractivity contribution is 0.552. The molecule has 1 nitrogen and oxygen atoms in total. The molecule has 0 saturated carbocycles. The van der Waals surface area contributed by atoms with Crippen molar-refractivity contribution < 1.29 is 8.78 Å². The predicted octanol–water partition coefficient (Wildman–Crippen LogP) is 2.28. The van der Waals surface area contributed by atoms with Crippen molar-refractivity contribution in [1.82, 2.24) is 0 Å². The van der Waals surface area contributed by atoms with Crippen molar-refractivity contribution >= 4 is 12.6 Å². The third-order valence-electron chi connectivity index (χ3n) is 1.80. The SMILES string of the molecule is NC(CCS)c1ccc(F)cc1F. The third-order valence-corrected chi connectivity index (χ3v) is 2.06. The molecule has 1 atom stereocenters. The van der Waals surface area contributed by atoms with E-state index >= 15 is 0 Å². The Bertz CT molecular complexity index is 291. The summed E-state index contributed by atoms with van der Waals surface area (Å²) in [7, 11) is 0. The number of hydrogen-bond donors (Lipinski definition) is 2. The van der Waals surface area contributed by atoms with Gasteiger partial charge in [0.2, 0.25) is 0 Å². The Hall–Kier alpha value is -0.610. The monoisotopic (exact) mass is 203 g/mol. The summed E-state index contributed by atoms with van der Waals surface area (Å²) in [5.74, 6) is -0.591. The normalized spacial score (nSPS) is 12.9. The van der Waals surface area contributed by atoms with Crippen molar-refractivity contribution in [2.75, 3.05) is 5.75 Å². The van der Waals surface area contributed by atoms with Crippen LogP contribution in [-0.4, -0.2) is 5.75 Å². The van der Waals surface area contributed by atoms with E-state index in [-0.39, 0.29) is 0 Å². The molecule has 0 bridgehead atoms. The highest BCUT2D eigenvalue weighted by atomic mass is 32.1. The highest BCUT2D eigenvalue weighted by molar-refractivity contribution is 7.80. The van der Waals surface area contributed by atoms with Gasteiger partial charge in [0, 0.05) is 17.7 Å². The van der Waals surface area contributed by atoms with E-state index in [0.717, 1.165) is 6.07 Å². The quantitative estimate of drug-likeness (QED) is 0.724. The Morgan fingerprint density at radius 2 is 2.08 bits per heavy atom. The van der Waals surface area contributed by atoms with Crippen molar-refractivity contribution in [2.24, 2.45) is 5.73 Å². The summed E-state index contributed by atoms with van der Waals surface area (Å²) >= 11 is 3.99. The molecular formula is C9H11F2NS. The maximum absolute atomic E-state index is 13.1. The van der Waals surface area contributed by atoms with Crippen LogP contribution in [0, 0.1) is 11.6 Å². The minimum atomic E-state index is -0.589. The summed E-state index contributed by atoms with van der Waals surface area (Å²) in [6.45, 7) is 0. The standard InChI is InChI=1S/C9H11F2NS/c10-6-1-2-7(8(11)5-6)9(12)3-4-13/h1-2,5,9,13H,3-4,12H2. The van der Waals surface area contributed by atoms with E-state index in [1.807, 2.05) is 0 Å². The Morgan fingerprint density at radius 1 is 1.38 bits per heavy atom. The first kappa shape index (κ1) is 10.5. The molecule has 0 fully saturated rings. The van der Waals surface area contributed by atoms with Gasteiger partial charge < -0.3 is 5.73 Å². The predicted molar refractivity (Wildman–Crippen MR) is 51.8 cm³/mol. The van der Waals surface area contributed by atoms with Crippen molar-refractivity contribution in [2.45, 2.75) is 12.5 Å². The van der Waals surface area contributed by atoms with Crippen molar-refractivity contribution in [3.63, 3.8) is 0 Å². The zero-order valence-corrected chi connectivity index (χ0v) is 7.90. The van der Waals surface area contributed by atoms with Crippen LogP contribution in [0.2, 0.25) is 0 Å². The maximum atomic E-state index is 13.1. The van der Waals surface area contributed by atoms with Gasteiger partial charge in [0.25, 0.3) is 0 Å². The molecule has 0 saturated heterocycles. The minimum Gasteiger partial charge on any atom is -0.324 e. The van der Waals surface area contributed by atoms with Crippen LogP contribution in [-0.2, 0) is 0 Å². The first-order valence-electron chi connectivity index (χ1n) is 3.96. The van der Waals surface area contributed by atoms with Crippen LogP contribution in [0.4, 0.5) is 8.78 Å². The van der Waals surface area contributed by atoms with Gasteiger partial charge in [-0.1, -0.05) is 6.07 Å². The molecular weight excluding hydrogens is 192 g/mol. The Balaban J connectivity index is 2.88. The summed E-state index contributed by atoms with van der Waals surface area (Å²) in [4.78, 5) is 0. The van der Waals surface area contributed by atoms with Gasteiger partial charge in [0.05, 0.1) is 0 Å². The zero-order chi connectivity index (χ0) is 9.84. The zero-order valence-electron chi connectivity index (χ0n) is 7.00. The van der Waals surface area contributed by atoms with Gasteiger partial charge in [-0.15, -0.1) is 0 Å². The molecule has 72 valence electrons. The fourth-order valence-corrected chi connectivity index (χ4v) is 1.37. The molecule has 1 unspecified atom stereocenters. The fourth-order valence-electron chi connectivity index (χ4n) is 1.10. The van der Waals surface area contributed by atoms with Crippen LogP contribution in [0.25, 0.3) is 0 Å². The maximum Gasteiger partial charge on any atom is 0.130 e. The van der Waals surface area contributed by atoms with E-state index < -0.39 is 17.7 Å². The second-order valence-electron chi connectivity index (χ2n) is 2.78. The van der Waals surface area contributed by atoms with E-state index in [1.54, 1.807) is 0 Å². The van der Waals surface area contributed by atoms with E-state index in [9.17, 15) is 8.78 Å². The largest absolute Gasteiger partial charge is 0.324 e. The van der Waals surface area contributed by atoms with Gasteiger partial charge >= 0.3 is 0 Å². The Morgan fingerprint density at radius 3 is 2.62 bits per heavy atom. The summed E-state index contributed by atoms with van der Waals surface area (Å²) in [5, 5.41) is 0. The second-order valence-corrected chi connectivity index (χ2v) is 3.23. The molecule has 0 aliphatic carbocycles. The van der Waals surface area contributed by atoms with Gasteiger partial charge in [0.15, 0.2) is 0 Å². The van der Waals surface area contributed by atoms with Crippen LogP contribution in [0.5, 0.6) is 0 Å². The van der Waals surface area contributed by atoms with Crippen LogP contribution < -0.4 is 5.73 Å². The Kier molecular flexibility index (Phi) is 3.69. The lowest BCUT2D eigenvalue weighted by Crippen LogP contribution is -2.12. The van der Waals surface area contributed by atoms with Gasteiger partial charge in [-0.3, -0.25) is 0 Å².